The Balaban J connectivity index is 3.37. The van der Waals surface area contributed by atoms with E-state index in [1.807, 2.05) is 6.92 Å². The maximum absolute atomic E-state index is 5.26. The van der Waals surface area contributed by atoms with Gasteiger partial charge in [0.2, 0.25) is 0 Å². The monoisotopic (exact) mass is 260 g/mol. The van der Waals surface area contributed by atoms with Crippen LogP contribution in [0, 0.1) is 0 Å². The van der Waals surface area contributed by atoms with Crippen LogP contribution in [-0.4, -0.2) is 30.9 Å². The SMILES string of the molecule is CCCCCC(C)NC(=S)NCCCOCC. The van der Waals surface area contributed by atoms with Gasteiger partial charge in [-0.25, -0.2) is 0 Å². The van der Waals surface area contributed by atoms with Crippen molar-refractivity contribution in [1.82, 2.24) is 10.6 Å². The second-order valence-corrected chi connectivity index (χ2v) is 4.76. The minimum Gasteiger partial charge on any atom is -0.382 e. The lowest BCUT2D eigenvalue weighted by Gasteiger charge is -2.16. The molecule has 0 aliphatic heterocycles. The number of nitrogens with one attached hydrogen (secondary N) is 2. The Morgan fingerprint density at radius 1 is 1.24 bits per heavy atom. The molecule has 17 heavy (non-hydrogen) atoms. The standard InChI is InChI=1S/C13H28N2OS/c1-4-6-7-9-12(3)15-13(17)14-10-8-11-16-5-2/h12H,4-11H2,1-3H3,(H2,14,15,17). The molecule has 2 N–H and O–H groups in total. The third kappa shape index (κ3) is 11.9. The lowest BCUT2D eigenvalue weighted by Crippen LogP contribution is -2.41. The van der Waals surface area contributed by atoms with Crippen LogP contribution in [0.3, 0.4) is 0 Å². The predicted octanol–water partition coefficient (Wildman–Crippen LogP) is 2.85. The van der Waals surface area contributed by atoms with E-state index < -0.39 is 0 Å². The van der Waals surface area contributed by atoms with Crippen molar-refractivity contribution in [2.45, 2.75) is 58.9 Å². The van der Waals surface area contributed by atoms with E-state index in [2.05, 4.69) is 24.5 Å². The lowest BCUT2D eigenvalue weighted by atomic mass is 10.1. The van der Waals surface area contributed by atoms with Crippen LogP contribution in [0.1, 0.15) is 52.9 Å². The van der Waals surface area contributed by atoms with Crippen molar-refractivity contribution in [3.63, 3.8) is 0 Å². The van der Waals surface area contributed by atoms with Crippen molar-refractivity contribution in [3.8, 4) is 0 Å². The van der Waals surface area contributed by atoms with Gasteiger partial charge >= 0.3 is 0 Å². The summed E-state index contributed by atoms with van der Waals surface area (Å²) in [6.07, 6.45) is 6.04. The number of rotatable bonds is 10. The first-order valence-electron chi connectivity index (χ1n) is 6.82. The molecule has 0 saturated heterocycles. The molecule has 0 amide bonds. The van der Waals surface area contributed by atoms with E-state index in [9.17, 15) is 0 Å². The van der Waals surface area contributed by atoms with Gasteiger partial charge in [-0.15, -0.1) is 0 Å². The maximum atomic E-state index is 5.26. The highest BCUT2D eigenvalue weighted by Gasteiger charge is 2.02. The first kappa shape index (κ1) is 16.6. The fraction of sp³-hybridized carbons (Fsp3) is 0.923. The molecule has 0 fully saturated rings. The van der Waals surface area contributed by atoms with E-state index in [1.54, 1.807) is 0 Å². The van der Waals surface area contributed by atoms with Gasteiger partial charge in [0, 0.05) is 25.8 Å². The quantitative estimate of drug-likeness (QED) is 0.467. The summed E-state index contributed by atoms with van der Waals surface area (Å²) in [6.45, 7) is 8.90. The normalized spacial score (nSPS) is 12.2. The van der Waals surface area contributed by atoms with Gasteiger partial charge in [0.1, 0.15) is 0 Å². The molecule has 0 radical (unpaired) electrons. The Kier molecular flexibility index (Phi) is 11.9. The first-order chi connectivity index (χ1) is 8.20. The Hall–Kier alpha value is -0.350. The van der Waals surface area contributed by atoms with Gasteiger partial charge in [0.05, 0.1) is 0 Å². The Bertz CT molecular complexity index is 188. The van der Waals surface area contributed by atoms with Crippen LogP contribution in [-0.2, 0) is 4.74 Å². The fourth-order valence-corrected chi connectivity index (χ4v) is 1.87. The summed E-state index contributed by atoms with van der Waals surface area (Å²) in [4.78, 5) is 0. The Labute approximate surface area is 112 Å². The van der Waals surface area contributed by atoms with Crippen molar-refractivity contribution in [1.29, 1.82) is 0 Å². The van der Waals surface area contributed by atoms with Crippen LogP contribution in [0.25, 0.3) is 0 Å². The molecule has 4 heteroatoms. The molecule has 0 bridgehead atoms. The van der Waals surface area contributed by atoms with Crippen LogP contribution in [0.2, 0.25) is 0 Å². The molecule has 0 spiro atoms. The zero-order chi connectivity index (χ0) is 12.9. The van der Waals surface area contributed by atoms with Gasteiger partial charge in [-0.2, -0.15) is 0 Å². The number of hydrogen-bond acceptors (Lipinski definition) is 2. The van der Waals surface area contributed by atoms with Gasteiger partial charge in [-0.05, 0) is 38.9 Å². The summed E-state index contributed by atoms with van der Waals surface area (Å²) >= 11 is 5.22. The summed E-state index contributed by atoms with van der Waals surface area (Å²) in [5, 5.41) is 7.28. The number of unbranched alkanes of at least 4 members (excludes halogenated alkanes) is 2. The molecule has 0 aromatic rings. The van der Waals surface area contributed by atoms with Crippen LogP contribution in [0.4, 0.5) is 0 Å². The topological polar surface area (TPSA) is 33.3 Å². The van der Waals surface area contributed by atoms with Crippen molar-refractivity contribution in [2.24, 2.45) is 0 Å². The van der Waals surface area contributed by atoms with Gasteiger partial charge in [-0.1, -0.05) is 26.2 Å². The Morgan fingerprint density at radius 3 is 2.65 bits per heavy atom. The highest BCUT2D eigenvalue weighted by Crippen LogP contribution is 2.02. The van der Waals surface area contributed by atoms with Gasteiger partial charge in [0.25, 0.3) is 0 Å². The molecular formula is C13H28N2OS. The van der Waals surface area contributed by atoms with E-state index in [0.29, 0.717) is 6.04 Å². The van der Waals surface area contributed by atoms with Gasteiger partial charge in [-0.3, -0.25) is 0 Å². The van der Waals surface area contributed by atoms with Crippen LogP contribution >= 0.6 is 12.2 Å². The molecule has 0 saturated carbocycles. The lowest BCUT2D eigenvalue weighted by molar-refractivity contribution is 0.145. The molecule has 1 unspecified atom stereocenters. The average Bonchev–Trinajstić information content (AvgIpc) is 2.29. The second-order valence-electron chi connectivity index (χ2n) is 4.35. The van der Waals surface area contributed by atoms with E-state index >= 15 is 0 Å². The molecule has 0 heterocycles. The molecule has 1 atom stereocenters. The van der Waals surface area contributed by atoms with Crippen molar-refractivity contribution >= 4 is 17.3 Å². The molecule has 0 aromatic carbocycles. The molecule has 3 nitrogen and oxygen atoms in total. The van der Waals surface area contributed by atoms with Crippen LogP contribution in [0.15, 0.2) is 0 Å². The minimum atomic E-state index is 0.466. The summed E-state index contributed by atoms with van der Waals surface area (Å²) in [6, 6.07) is 0.466. The predicted molar refractivity (Wildman–Crippen MR) is 78.5 cm³/mol. The maximum Gasteiger partial charge on any atom is 0.166 e. The molecule has 0 aliphatic rings. The average molecular weight is 260 g/mol. The van der Waals surface area contributed by atoms with Crippen molar-refractivity contribution < 1.29 is 4.74 Å². The molecular weight excluding hydrogens is 232 g/mol. The largest absolute Gasteiger partial charge is 0.382 e. The highest BCUT2D eigenvalue weighted by molar-refractivity contribution is 7.80. The third-order valence-electron chi connectivity index (χ3n) is 2.57. The summed E-state index contributed by atoms with van der Waals surface area (Å²) in [5.41, 5.74) is 0. The zero-order valence-electron chi connectivity index (χ0n) is 11.6. The molecule has 0 aliphatic carbocycles. The highest BCUT2D eigenvalue weighted by atomic mass is 32.1. The third-order valence-corrected chi connectivity index (χ3v) is 2.84. The fourth-order valence-electron chi connectivity index (χ4n) is 1.57. The van der Waals surface area contributed by atoms with Gasteiger partial charge < -0.3 is 15.4 Å². The zero-order valence-corrected chi connectivity index (χ0v) is 12.4. The number of ether oxygens (including phenoxy) is 1. The number of thiocarbonyl (C=S) groups is 1. The number of hydrogen-bond donors (Lipinski definition) is 2. The van der Waals surface area contributed by atoms with E-state index in [4.69, 9.17) is 17.0 Å². The molecule has 102 valence electrons. The molecule has 0 aromatic heterocycles. The van der Waals surface area contributed by atoms with Crippen molar-refractivity contribution in [3.05, 3.63) is 0 Å². The van der Waals surface area contributed by atoms with E-state index in [0.717, 1.165) is 31.3 Å². The van der Waals surface area contributed by atoms with Crippen LogP contribution < -0.4 is 10.6 Å². The first-order valence-corrected chi connectivity index (χ1v) is 7.23. The molecule has 0 rings (SSSR count). The van der Waals surface area contributed by atoms with Crippen molar-refractivity contribution in [2.75, 3.05) is 19.8 Å². The minimum absolute atomic E-state index is 0.466. The summed E-state index contributed by atoms with van der Waals surface area (Å²) < 4.78 is 5.26. The second kappa shape index (κ2) is 12.1. The van der Waals surface area contributed by atoms with E-state index in [-0.39, 0.29) is 0 Å². The Morgan fingerprint density at radius 2 is 2.00 bits per heavy atom. The summed E-state index contributed by atoms with van der Waals surface area (Å²) in [5.74, 6) is 0. The van der Waals surface area contributed by atoms with Crippen LogP contribution in [0.5, 0.6) is 0 Å². The van der Waals surface area contributed by atoms with E-state index in [1.165, 1.54) is 25.7 Å². The smallest absolute Gasteiger partial charge is 0.166 e. The van der Waals surface area contributed by atoms with Gasteiger partial charge in [0.15, 0.2) is 5.11 Å². The summed E-state index contributed by atoms with van der Waals surface area (Å²) in [7, 11) is 0.